The first-order valence-electron chi connectivity index (χ1n) is 5.89. The standard InChI is InChI=1S/C13H15BrClNO2/c14-6-5-13(3-4-13)8-16-12(18)9-1-2-11(17)10(15)7-9/h1-2,7,17H,3-6,8H2,(H,16,18). The summed E-state index contributed by atoms with van der Waals surface area (Å²) in [5.74, 6) is -0.149. The smallest absolute Gasteiger partial charge is 0.251 e. The third kappa shape index (κ3) is 3.18. The number of amides is 1. The zero-order valence-electron chi connectivity index (χ0n) is 9.88. The SMILES string of the molecule is O=C(NCC1(CCBr)CC1)c1ccc(O)c(Cl)c1. The number of halogens is 2. The number of carbonyl (C=O) groups is 1. The zero-order chi connectivity index (χ0) is 13.2. The van der Waals surface area contributed by atoms with Crippen LogP contribution in [-0.4, -0.2) is 22.9 Å². The van der Waals surface area contributed by atoms with Crippen LogP contribution in [-0.2, 0) is 0 Å². The van der Waals surface area contributed by atoms with Crippen LogP contribution in [0.25, 0.3) is 0 Å². The van der Waals surface area contributed by atoms with Gasteiger partial charge in [-0.2, -0.15) is 0 Å². The van der Waals surface area contributed by atoms with E-state index in [2.05, 4.69) is 21.2 Å². The summed E-state index contributed by atoms with van der Waals surface area (Å²) in [5, 5.41) is 13.4. The van der Waals surface area contributed by atoms with Gasteiger partial charge in [0.2, 0.25) is 0 Å². The molecule has 1 aromatic carbocycles. The number of rotatable bonds is 5. The molecule has 1 aliphatic carbocycles. The molecule has 98 valence electrons. The van der Waals surface area contributed by atoms with E-state index in [0.29, 0.717) is 17.5 Å². The summed E-state index contributed by atoms with van der Waals surface area (Å²) in [6, 6.07) is 4.49. The molecule has 0 aliphatic heterocycles. The van der Waals surface area contributed by atoms with Crippen LogP contribution in [0, 0.1) is 5.41 Å². The first kappa shape index (κ1) is 13.7. The first-order valence-corrected chi connectivity index (χ1v) is 7.39. The van der Waals surface area contributed by atoms with Gasteiger partial charge in [0, 0.05) is 17.4 Å². The second-order valence-electron chi connectivity index (χ2n) is 4.79. The quantitative estimate of drug-likeness (QED) is 0.813. The molecule has 1 fully saturated rings. The van der Waals surface area contributed by atoms with E-state index in [4.69, 9.17) is 11.6 Å². The number of nitrogens with one attached hydrogen (secondary N) is 1. The Morgan fingerprint density at radius 3 is 2.78 bits per heavy atom. The Hall–Kier alpha value is -0.740. The monoisotopic (exact) mass is 331 g/mol. The van der Waals surface area contributed by atoms with Gasteiger partial charge in [0.1, 0.15) is 5.75 Å². The van der Waals surface area contributed by atoms with Crippen molar-refractivity contribution in [2.45, 2.75) is 19.3 Å². The molecule has 0 radical (unpaired) electrons. The summed E-state index contributed by atoms with van der Waals surface area (Å²) in [7, 11) is 0. The number of phenols is 1. The van der Waals surface area contributed by atoms with Crippen molar-refractivity contribution in [3.05, 3.63) is 28.8 Å². The second kappa shape index (κ2) is 5.49. The Bertz CT molecular complexity index is 460. The maximum atomic E-state index is 11.9. The number of carbonyl (C=O) groups excluding carboxylic acids is 1. The average Bonchev–Trinajstić information content (AvgIpc) is 3.11. The first-order chi connectivity index (χ1) is 8.56. The summed E-state index contributed by atoms with van der Waals surface area (Å²) >= 11 is 9.21. The Labute approximate surface area is 120 Å². The zero-order valence-corrected chi connectivity index (χ0v) is 12.2. The van der Waals surface area contributed by atoms with Crippen molar-refractivity contribution in [1.82, 2.24) is 5.32 Å². The molecule has 0 aromatic heterocycles. The van der Waals surface area contributed by atoms with Crippen molar-refractivity contribution in [1.29, 1.82) is 0 Å². The normalized spacial score (nSPS) is 16.3. The van der Waals surface area contributed by atoms with E-state index in [-0.39, 0.29) is 16.7 Å². The number of hydrogen-bond donors (Lipinski definition) is 2. The Kier molecular flexibility index (Phi) is 4.17. The van der Waals surface area contributed by atoms with Crippen LogP contribution < -0.4 is 5.32 Å². The van der Waals surface area contributed by atoms with E-state index >= 15 is 0 Å². The fraction of sp³-hybridized carbons (Fsp3) is 0.462. The lowest BCUT2D eigenvalue weighted by Gasteiger charge is -2.14. The maximum absolute atomic E-state index is 11.9. The highest BCUT2D eigenvalue weighted by molar-refractivity contribution is 9.09. The van der Waals surface area contributed by atoms with Crippen molar-refractivity contribution in [2.24, 2.45) is 5.41 Å². The molecule has 1 aliphatic rings. The Balaban J connectivity index is 1.93. The van der Waals surface area contributed by atoms with Crippen LogP contribution in [0.15, 0.2) is 18.2 Å². The lowest BCUT2D eigenvalue weighted by atomic mass is 10.0. The summed E-state index contributed by atoms with van der Waals surface area (Å²) in [4.78, 5) is 11.9. The minimum absolute atomic E-state index is 0.00818. The summed E-state index contributed by atoms with van der Waals surface area (Å²) < 4.78 is 0. The van der Waals surface area contributed by atoms with Gasteiger partial charge in [0.05, 0.1) is 5.02 Å². The van der Waals surface area contributed by atoms with E-state index in [1.54, 1.807) is 6.07 Å². The minimum atomic E-state index is -0.141. The highest BCUT2D eigenvalue weighted by Gasteiger charge is 2.41. The van der Waals surface area contributed by atoms with Crippen molar-refractivity contribution in [2.75, 3.05) is 11.9 Å². The molecular weight excluding hydrogens is 318 g/mol. The molecule has 0 bridgehead atoms. The van der Waals surface area contributed by atoms with Crippen LogP contribution in [0.2, 0.25) is 5.02 Å². The van der Waals surface area contributed by atoms with E-state index < -0.39 is 0 Å². The number of alkyl halides is 1. The minimum Gasteiger partial charge on any atom is -0.506 e. The molecule has 0 heterocycles. The van der Waals surface area contributed by atoms with Crippen LogP contribution in [0.4, 0.5) is 0 Å². The molecule has 18 heavy (non-hydrogen) atoms. The summed E-state index contributed by atoms with van der Waals surface area (Å²) in [5.41, 5.74) is 0.771. The molecule has 3 nitrogen and oxygen atoms in total. The van der Waals surface area contributed by atoms with Gasteiger partial charge in [-0.3, -0.25) is 4.79 Å². The van der Waals surface area contributed by atoms with Gasteiger partial charge in [0.15, 0.2) is 0 Å². The Morgan fingerprint density at radius 2 is 2.22 bits per heavy atom. The molecular formula is C13H15BrClNO2. The van der Waals surface area contributed by atoms with E-state index in [9.17, 15) is 9.90 Å². The molecule has 1 aromatic rings. The van der Waals surface area contributed by atoms with Gasteiger partial charge in [-0.15, -0.1) is 0 Å². The van der Waals surface area contributed by atoms with Crippen molar-refractivity contribution in [3.63, 3.8) is 0 Å². The fourth-order valence-corrected chi connectivity index (χ4v) is 2.93. The lowest BCUT2D eigenvalue weighted by molar-refractivity contribution is 0.0944. The van der Waals surface area contributed by atoms with Gasteiger partial charge < -0.3 is 10.4 Å². The molecule has 2 rings (SSSR count). The second-order valence-corrected chi connectivity index (χ2v) is 5.99. The van der Waals surface area contributed by atoms with Crippen LogP contribution in [0.1, 0.15) is 29.6 Å². The fourth-order valence-electron chi connectivity index (χ4n) is 1.91. The molecule has 0 unspecified atom stereocenters. The van der Waals surface area contributed by atoms with Crippen molar-refractivity contribution < 1.29 is 9.90 Å². The van der Waals surface area contributed by atoms with Crippen molar-refractivity contribution in [3.8, 4) is 5.75 Å². The molecule has 0 spiro atoms. The third-order valence-electron chi connectivity index (χ3n) is 3.42. The average molecular weight is 333 g/mol. The van der Waals surface area contributed by atoms with Gasteiger partial charge in [-0.05, 0) is 42.9 Å². The Morgan fingerprint density at radius 1 is 1.50 bits per heavy atom. The maximum Gasteiger partial charge on any atom is 0.251 e. The predicted octanol–water partition coefficient (Wildman–Crippen LogP) is 3.34. The van der Waals surface area contributed by atoms with E-state index in [0.717, 1.165) is 11.8 Å². The molecule has 0 atom stereocenters. The molecule has 1 saturated carbocycles. The molecule has 1 amide bonds. The lowest BCUT2D eigenvalue weighted by Crippen LogP contribution is -2.30. The largest absolute Gasteiger partial charge is 0.506 e. The van der Waals surface area contributed by atoms with Gasteiger partial charge in [0.25, 0.3) is 5.91 Å². The van der Waals surface area contributed by atoms with Crippen molar-refractivity contribution >= 4 is 33.4 Å². The topological polar surface area (TPSA) is 49.3 Å². The molecule has 5 heteroatoms. The van der Waals surface area contributed by atoms with E-state index in [1.165, 1.54) is 25.0 Å². The van der Waals surface area contributed by atoms with Crippen LogP contribution in [0.3, 0.4) is 0 Å². The molecule has 0 saturated heterocycles. The summed E-state index contributed by atoms with van der Waals surface area (Å²) in [6.45, 7) is 0.704. The predicted molar refractivity (Wildman–Crippen MR) is 75.5 cm³/mol. The van der Waals surface area contributed by atoms with E-state index in [1.807, 2.05) is 0 Å². The highest BCUT2D eigenvalue weighted by atomic mass is 79.9. The number of benzene rings is 1. The number of aromatic hydroxyl groups is 1. The van der Waals surface area contributed by atoms with Gasteiger partial charge >= 0.3 is 0 Å². The van der Waals surface area contributed by atoms with Crippen LogP contribution >= 0.6 is 27.5 Å². The number of hydrogen-bond acceptors (Lipinski definition) is 2. The molecule has 2 N–H and O–H groups in total. The number of phenolic OH excluding ortho intramolecular Hbond substituents is 1. The third-order valence-corrected chi connectivity index (χ3v) is 4.11. The van der Waals surface area contributed by atoms with Gasteiger partial charge in [-0.1, -0.05) is 27.5 Å². The highest BCUT2D eigenvalue weighted by Crippen LogP contribution is 2.48. The summed E-state index contributed by atoms with van der Waals surface area (Å²) in [6.07, 6.45) is 3.44. The van der Waals surface area contributed by atoms with Crippen LogP contribution in [0.5, 0.6) is 5.75 Å². The van der Waals surface area contributed by atoms with Gasteiger partial charge in [-0.25, -0.2) is 0 Å².